The van der Waals surface area contributed by atoms with Gasteiger partial charge in [-0.25, -0.2) is 29.3 Å². The van der Waals surface area contributed by atoms with E-state index >= 15 is 0 Å². The SMILES string of the molecule is CC(C)(C)OC(=O)NCc1ncc(-c2ccc3ncnc(N(C(=O)OC(C)(C)C)C(=O)OC(C)(C)C)c3c2)s1. The molecule has 0 saturated carbocycles. The number of amides is 3. The van der Waals surface area contributed by atoms with E-state index in [4.69, 9.17) is 14.2 Å². The predicted molar refractivity (Wildman–Crippen MR) is 149 cm³/mol. The van der Waals surface area contributed by atoms with E-state index in [1.165, 1.54) is 17.7 Å². The molecule has 0 aliphatic carbocycles. The maximum atomic E-state index is 13.2. The van der Waals surface area contributed by atoms with E-state index in [1.807, 2.05) is 6.07 Å². The van der Waals surface area contributed by atoms with Crippen molar-refractivity contribution in [1.82, 2.24) is 20.3 Å². The largest absolute Gasteiger partial charge is 0.444 e. The highest BCUT2D eigenvalue weighted by Crippen LogP contribution is 2.33. The second-order valence-corrected chi connectivity index (χ2v) is 12.8. The Labute approximate surface area is 231 Å². The number of rotatable bonds is 4. The first-order chi connectivity index (χ1) is 17.9. The van der Waals surface area contributed by atoms with Crippen LogP contribution in [0.3, 0.4) is 0 Å². The standard InChI is InChI=1S/C27H35N5O6S/c1-25(2,3)36-22(33)29-14-20-28-13-19(39-20)16-10-11-18-17(12-16)21(31-15-30-18)32(23(34)37-26(4,5)6)24(35)38-27(7,8)9/h10-13,15H,14H2,1-9H3,(H,29,33). The summed E-state index contributed by atoms with van der Waals surface area (Å²) in [4.78, 5) is 52.9. The highest BCUT2D eigenvalue weighted by atomic mass is 32.1. The molecule has 0 bridgehead atoms. The molecular weight excluding hydrogens is 522 g/mol. The second-order valence-electron chi connectivity index (χ2n) is 11.7. The van der Waals surface area contributed by atoms with Crippen molar-refractivity contribution in [2.24, 2.45) is 0 Å². The Bertz CT molecular complexity index is 1340. The van der Waals surface area contributed by atoms with Crippen molar-refractivity contribution >= 4 is 46.3 Å². The summed E-state index contributed by atoms with van der Waals surface area (Å²) in [5.41, 5.74) is -1.06. The van der Waals surface area contributed by atoms with Crippen molar-refractivity contribution in [3.05, 3.63) is 35.7 Å². The molecule has 0 unspecified atom stereocenters. The third-order valence-electron chi connectivity index (χ3n) is 4.60. The fourth-order valence-electron chi connectivity index (χ4n) is 3.22. The lowest BCUT2D eigenvalue weighted by atomic mass is 10.1. The minimum atomic E-state index is -0.921. The number of hydrogen-bond acceptors (Lipinski definition) is 10. The summed E-state index contributed by atoms with van der Waals surface area (Å²) >= 11 is 1.38. The third-order valence-corrected chi connectivity index (χ3v) is 5.65. The second kappa shape index (κ2) is 11.1. The number of imide groups is 1. The van der Waals surface area contributed by atoms with Crippen LogP contribution < -0.4 is 10.2 Å². The molecule has 3 amide bonds. The van der Waals surface area contributed by atoms with Crippen LogP contribution in [0.5, 0.6) is 0 Å². The van der Waals surface area contributed by atoms with Gasteiger partial charge in [0.1, 0.15) is 28.1 Å². The van der Waals surface area contributed by atoms with Crippen LogP contribution in [-0.2, 0) is 20.8 Å². The van der Waals surface area contributed by atoms with Crippen molar-refractivity contribution in [3.63, 3.8) is 0 Å². The summed E-state index contributed by atoms with van der Waals surface area (Å²) in [5, 5.41) is 3.80. The van der Waals surface area contributed by atoms with Gasteiger partial charge in [0, 0.05) is 11.6 Å². The monoisotopic (exact) mass is 557 g/mol. The Hall–Kier alpha value is -3.80. The third kappa shape index (κ3) is 8.60. The maximum absolute atomic E-state index is 13.2. The quantitative estimate of drug-likeness (QED) is 0.359. The summed E-state index contributed by atoms with van der Waals surface area (Å²) in [6.45, 7) is 15.8. The molecule has 1 aromatic carbocycles. The van der Waals surface area contributed by atoms with Crippen LogP contribution in [0.1, 0.15) is 67.3 Å². The molecule has 3 aromatic rings. The van der Waals surface area contributed by atoms with E-state index < -0.39 is 35.1 Å². The van der Waals surface area contributed by atoms with Gasteiger partial charge in [-0.1, -0.05) is 6.07 Å². The zero-order chi connectivity index (χ0) is 29.2. The molecule has 210 valence electrons. The molecule has 0 radical (unpaired) electrons. The Kier molecular flexibility index (Phi) is 8.49. The summed E-state index contributed by atoms with van der Waals surface area (Å²) in [6, 6.07) is 5.38. The van der Waals surface area contributed by atoms with E-state index in [9.17, 15) is 14.4 Å². The number of thiazole rings is 1. The van der Waals surface area contributed by atoms with Crippen molar-refractivity contribution in [1.29, 1.82) is 0 Å². The number of carbonyl (C=O) groups excluding carboxylic acids is 3. The molecule has 1 N–H and O–H groups in total. The van der Waals surface area contributed by atoms with Crippen molar-refractivity contribution in [3.8, 4) is 10.4 Å². The molecule has 39 heavy (non-hydrogen) atoms. The van der Waals surface area contributed by atoms with E-state index in [2.05, 4.69) is 20.3 Å². The van der Waals surface area contributed by atoms with Crippen LogP contribution in [0.2, 0.25) is 0 Å². The van der Waals surface area contributed by atoms with Crippen molar-refractivity contribution in [2.45, 2.75) is 85.7 Å². The van der Waals surface area contributed by atoms with Gasteiger partial charge >= 0.3 is 18.3 Å². The number of anilines is 1. The Morgan fingerprint density at radius 3 is 2.00 bits per heavy atom. The van der Waals surface area contributed by atoms with Crippen LogP contribution in [0, 0.1) is 0 Å². The molecule has 0 fully saturated rings. The molecular formula is C27H35N5O6S. The average molecular weight is 558 g/mol. The summed E-state index contributed by atoms with van der Waals surface area (Å²) in [5.74, 6) is 0.0293. The minimum absolute atomic E-state index is 0.0293. The smallest absolute Gasteiger partial charge is 0.425 e. The fourth-order valence-corrected chi connectivity index (χ4v) is 4.08. The Morgan fingerprint density at radius 1 is 0.846 bits per heavy atom. The van der Waals surface area contributed by atoms with Crippen LogP contribution in [0.15, 0.2) is 30.7 Å². The van der Waals surface area contributed by atoms with Crippen LogP contribution in [-0.4, -0.2) is 50.0 Å². The van der Waals surface area contributed by atoms with Gasteiger partial charge in [0.15, 0.2) is 5.82 Å². The number of fused-ring (bicyclic) bond motifs is 1. The van der Waals surface area contributed by atoms with Crippen LogP contribution in [0.25, 0.3) is 21.3 Å². The molecule has 0 aliphatic rings. The maximum Gasteiger partial charge on any atom is 0.425 e. The zero-order valence-corrected chi connectivity index (χ0v) is 24.6. The normalized spacial score (nSPS) is 12.1. The van der Waals surface area contributed by atoms with Gasteiger partial charge in [-0.2, -0.15) is 4.90 Å². The van der Waals surface area contributed by atoms with E-state index in [0.717, 1.165) is 15.3 Å². The molecule has 2 heterocycles. The molecule has 0 atom stereocenters. The first-order valence-corrected chi connectivity index (χ1v) is 13.2. The fraction of sp³-hybridized carbons (Fsp3) is 0.481. The summed E-state index contributed by atoms with van der Waals surface area (Å²) in [7, 11) is 0. The molecule has 2 aromatic heterocycles. The first kappa shape index (κ1) is 29.8. The van der Waals surface area contributed by atoms with E-state index in [1.54, 1.807) is 80.6 Å². The number of carbonyl (C=O) groups is 3. The topological polar surface area (TPSA) is 133 Å². The van der Waals surface area contributed by atoms with Gasteiger partial charge in [0.25, 0.3) is 0 Å². The molecule has 12 heteroatoms. The van der Waals surface area contributed by atoms with Gasteiger partial charge in [-0.15, -0.1) is 11.3 Å². The average Bonchev–Trinajstić information content (AvgIpc) is 3.23. The Morgan fingerprint density at radius 2 is 1.44 bits per heavy atom. The highest BCUT2D eigenvalue weighted by molar-refractivity contribution is 7.15. The van der Waals surface area contributed by atoms with Gasteiger partial charge < -0.3 is 19.5 Å². The van der Waals surface area contributed by atoms with Crippen LogP contribution in [0.4, 0.5) is 20.2 Å². The number of aromatic nitrogens is 3. The number of nitrogens with zero attached hydrogens (tertiary/aromatic N) is 4. The summed E-state index contributed by atoms with van der Waals surface area (Å²) < 4.78 is 16.3. The van der Waals surface area contributed by atoms with Gasteiger partial charge in [-0.05, 0) is 80.0 Å². The minimum Gasteiger partial charge on any atom is -0.444 e. The molecule has 0 saturated heterocycles. The molecule has 3 rings (SSSR count). The molecule has 0 spiro atoms. The summed E-state index contributed by atoms with van der Waals surface area (Å²) in [6.07, 6.45) is 0.578. The predicted octanol–water partition coefficient (Wildman–Crippen LogP) is 6.45. The first-order valence-electron chi connectivity index (χ1n) is 12.3. The number of benzene rings is 1. The number of ether oxygens (including phenoxy) is 3. The van der Waals surface area contributed by atoms with E-state index in [0.29, 0.717) is 15.9 Å². The zero-order valence-electron chi connectivity index (χ0n) is 23.7. The highest BCUT2D eigenvalue weighted by Gasteiger charge is 2.34. The molecule has 11 nitrogen and oxygen atoms in total. The molecule has 0 aliphatic heterocycles. The number of alkyl carbamates (subject to hydrolysis) is 1. The van der Waals surface area contributed by atoms with Gasteiger partial charge in [-0.3, -0.25) is 0 Å². The van der Waals surface area contributed by atoms with Crippen molar-refractivity contribution in [2.75, 3.05) is 4.90 Å². The van der Waals surface area contributed by atoms with E-state index in [-0.39, 0.29) is 12.4 Å². The van der Waals surface area contributed by atoms with Gasteiger partial charge in [0.05, 0.1) is 16.9 Å². The lowest BCUT2D eigenvalue weighted by molar-refractivity contribution is 0.0427. The lowest BCUT2D eigenvalue weighted by Crippen LogP contribution is -2.44. The van der Waals surface area contributed by atoms with Crippen LogP contribution >= 0.6 is 11.3 Å². The van der Waals surface area contributed by atoms with Crippen molar-refractivity contribution < 1.29 is 28.6 Å². The lowest BCUT2D eigenvalue weighted by Gasteiger charge is -2.28. The van der Waals surface area contributed by atoms with Gasteiger partial charge in [0.2, 0.25) is 0 Å². The number of nitrogens with one attached hydrogen (secondary N) is 1. The number of hydrogen-bond donors (Lipinski definition) is 1. The Balaban J connectivity index is 1.97.